The number of aromatic nitrogens is 1. The van der Waals surface area contributed by atoms with Crippen molar-refractivity contribution in [2.24, 2.45) is 0 Å². The van der Waals surface area contributed by atoms with Crippen LogP contribution in [0.15, 0.2) is 23.7 Å². The molecule has 4 rings (SSSR count). The topological polar surface area (TPSA) is 36.4 Å². The van der Waals surface area contributed by atoms with Gasteiger partial charge in [-0.25, -0.2) is 4.98 Å². The minimum Gasteiger partial charge on any atom is -0.336 e. The fourth-order valence-electron chi connectivity index (χ4n) is 3.51. The zero-order valence-electron chi connectivity index (χ0n) is 13.1. The maximum absolute atomic E-state index is 12.7. The lowest BCUT2D eigenvalue weighted by Crippen LogP contribution is -2.52. The molecule has 0 aliphatic carbocycles. The lowest BCUT2D eigenvalue weighted by atomic mass is 10.1. The Balaban J connectivity index is 1.40. The molecular formula is C17H21N3OS2. The van der Waals surface area contributed by atoms with Crippen molar-refractivity contribution in [3.63, 3.8) is 0 Å². The monoisotopic (exact) mass is 347 g/mol. The number of carbonyl (C=O) groups is 1. The first-order valence-corrected chi connectivity index (χ1v) is 10.3. The highest BCUT2D eigenvalue weighted by molar-refractivity contribution is 7.99. The van der Waals surface area contributed by atoms with Crippen molar-refractivity contribution in [3.8, 4) is 0 Å². The number of amides is 1. The van der Waals surface area contributed by atoms with Crippen LogP contribution in [0, 0.1) is 0 Å². The molecule has 0 atom stereocenters. The minimum absolute atomic E-state index is 0.152. The lowest BCUT2D eigenvalue weighted by molar-refractivity contribution is 0.0559. The maximum atomic E-state index is 12.7. The quantitative estimate of drug-likeness (QED) is 0.837. The van der Waals surface area contributed by atoms with Crippen LogP contribution in [0.3, 0.4) is 0 Å². The summed E-state index contributed by atoms with van der Waals surface area (Å²) in [5.41, 5.74) is 3.53. The molecule has 0 unspecified atom stereocenters. The number of hydrogen-bond donors (Lipinski definition) is 0. The molecule has 0 spiro atoms. The van der Waals surface area contributed by atoms with E-state index in [1.165, 1.54) is 24.3 Å². The average molecular weight is 348 g/mol. The Morgan fingerprint density at radius 3 is 2.70 bits per heavy atom. The first-order valence-electron chi connectivity index (χ1n) is 8.25. The van der Waals surface area contributed by atoms with Gasteiger partial charge in [-0.1, -0.05) is 0 Å². The number of carbonyl (C=O) groups excluding carboxylic acids is 1. The van der Waals surface area contributed by atoms with E-state index in [4.69, 9.17) is 0 Å². The summed E-state index contributed by atoms with van der Waals surface area (Å²) in [5.74, 6) is 2.73. The van der Waals surface area contributed by atoms with Crippen LogP contribution in [0.1, 0.15) is 23.2 Å². The highest BCUT2D eigenvalue weighted by Gasteiger charge is 2.27. The van der Waals surface area contributed by atoms with Gasteiger partial charge in [-0.15, -0.1) is 11.3 Å². The molecule has 1 aromatic heterocycles. The van der Waals surface area contributed by atoms with E-state index in [9.17, 15) is 4.79 Å². The molecule has 3 heterocycles. The normalized spacial score (nSPS) is 21.0. The third kappa shape index (κ3) is 3.25. The van der Waals surface area contributed by atoms with Crippen LogP contribution in [-0.4, -0.2) is 64.4 Å². The predicted octanol–water partition coefficient (Wildman–Crippen LogP) is 2.95. The Morgan fingerprint density at radius 2 is 1.91 bits per heavy atom. The smallest absolute Gasteiger partial charge is 0.254 e. The van der Waals surface area contributed by atoms with E-state index >= 15 is 0 Å². The summed E-state index contributed by atoms with van der Waals surface area (Å²) in [6.45, 7) is 3.72. The van der Waals surface area contributed by atoms with E-state index in [1.807, 2.05) is 28.6 Å². The van der Waals surface area contributed by atoms with E-state index in [0.29, 0.717) is 0 Å². The fraction of sp³-hybridized carbons (Fsp3) is 0.529. The molecule has 0 radical (unpaired) electrons. The van der Waals surface area contributed by atoms with Crippen molar-refractivity contribution in [2.45, 2.75) is 18.9 Å². The average Bonchev–Trinajstić information content (AvgIpc) is 3.10. The van der Waals surface area contributed by atoms with Crippen molar-refractivity contribution in [1.29, 1.82) is 0 Å². The van der Waals surface area contributed by atoms with Gasteiger partial charge in [-0.3, -0.25) is 9.69 Å². The number of benzene rings is 1. The molecule has 1 aromatic carbocycles. The second kappa shape index (κ2) is 6.79. The molecule has 2 aliphatic rings. The van der Waals surface area contributed by atoms with Gasteiger partial charge in [0.1, 0.15) is 0 Å². The number of rotatable bonds is 2. The highest BCUT2D eigenvalue weighted by Crippen LogP contribution is 2.24. The van der Waals surface area contributed by atoms with Gasteiger partial charge in [-0.2, -0.15) is 11.8 Å². The highest BCUT2D eigenvalue weighted by atomic mass is 32.2. The second-order valence-electron chi connectivity index (χ2n) is 6.21. The SMILES string of the molecule is O=C(c1ccc2scnc2c1)N1CCN(C2CCSCC2)CC1. The number of thiazole rings is 1. The molecule has 0 N–H and O–H groups in total. The van der Waals surface area contributed by atoms with Crippen LogP contribution in [0.2, 0.25) is 0 Å². The van der Waals surface area contributed by atoms with Gasteiger partial charge in [0.2, 0.25) is 0 Å². The van der Waals surface area contributed by atoms with Crippen LogP contribution in [0.5, 0.6) is 0 Å². The van der Waals surface area contributed by atoms with Crippen LogP contribution in [-0.2, 0) is 0 Å². The molecule has 23 heavy (non-hydrogen) atoms. The van der Waals surface area contributed by atoms with E-state index in [0.717, 1.165) is 48.0 Å². The first kappa shape index (κ1) is 15.4. The Bertz CT molecular complexity index is 688. The molecule has 1 amide bonds. The van der Waals surface area contributed by atoms with Crippen LogP contribution >= 0.6 is 23.1 Å². The molecular weight excluding hydrogens is 326 g/mol. The summed E-state index contributed by atoms with van der Waals surface area (Å²) in [6.07, 6.45) is 2.61. The molecule has 2 saturated heterocycles. The van der Waals surface area contributed by atoms with Gasteiger partial charge >= 0.3 is 0 Å². The van der Waals surface area contributed by atoms with Crippen LogP contribution < -0.4 is 0 Å². The molecule has 0 bridgehead atoms. The Kier molecular flexibility index (Phi) is 4.55. The number of nitrogens with zero attached hydrogens (tertiary/aromatic N) is 3. The fourth-order valence-corrected chi connectivity index (χ4v) is 5.25. The molecule has 6 heteroatoms. The van der Waals surface area contributed by atoms with Gasteiger partial charge in [0.25, 0.3) is 5.91 Å². The standard InChI is InChI=1S/C17H21N3OS2/c21-17(13-1-2-16-15(11-13)18-12-23-16)20-7-5-19(6-8-20)14-3-9-22-10-4-14/h1-2,11-12,14H,3-10H2. The molecule has 4 nitrogen and oxygen atoms in total. The zero-order chi connectivity index (χ0) is 15.6. The van der Waals surface area contributed by atoms with E-state index in [-0.39, 0.29) is 5.91 Å². The number of fused-ring (bicyclic) bond motifs is 1. The third-order valence-electron chi connectivity index (χ3n) is 4.89. The van der Waals surface area contributed by atoms with Crippen molar-refractivity contribution >= 4 is 39.2 Å². The molecule has 2 aliphatic heterocycles. The van der Waals surface area contributed by atoms with Crippen molar-refractivity contribution < 1.29 is 4.79 Å². The van der Waals surface area contributed by atoms with Gasteiger partial charge in [0, 0.05) is 37.8 Å². The lowest BCUT2D eigenvalue weighted by Gasteiger charge is -2.40. The minimum atomic E-state index is 0.152. The summed E-state index contributed by atoms with van der Waals surface area (Å²) >= 11 is 3.69. The summed E-state index contributed by atoms with van der Waals surface area (Å²) in [4.78, 5) is 21.6. The summed E-state index contributed by atoms with van der Waals surface area (Å²) < 4.78 is 1.14. The molecule has 2 fully saturated rings. The van der Waals surface area contributed by atoms with E-state index < -0.39 is 0 Å². The molecule has 0 saturated carbocycles. The van der Waals surface area contributed by atoms with Crippen molar-refractivity contribution in [2.75, 3.05) is 37.7 Å². The largest absolute Gasteiger partial charge is 0.336 e. The zero-order valence-corrected chi connectivity index (χ0v) is 14.7. The summed E-state index contributed by atoms with van der Waals surface area (Å²) in [7, 11) is 0. The number of thioether (sulfide) groups is 1. The van der Waals surface area contributed by atoms with Gasteiger partial charge < -0.3 is 4.90 Å². The Labute approximate surface area is 144 Å². The predicted molar refractivity (Wildman–Crippen MR) is 97.4 cm³/mol. The Hall–Kier alpha value is -1.11. The first-order chi connectivity index (χ1) is 11.3. The van der Waals surface area contributed by atoms with Crippen molar-refractivity contribution in [1.82, 2.24) is 14.8 Å². The summed E-state index contributed by atoms with van der Waals surface area (Å²) in [5, 5.41) is 0. The maximum Gasteiger partial charge on any atom is 0.254 e. The summed E-state index contributed by atoms with van der Waals surface area (Å²) in [6, 6.07) is 6.61. The van der Waals surface area contributed by atoms with Gasteiger partial charge in [-0.05, 0) is 42.5 Å². The Morgan fingerprint density at radius 1 is 1.13 bits per heavy atom. The van der Waals surface area contributed by atoms with Crippen LogP contribution in [0.4, 0.5) is 0 Å². The second-order valence-corrected chi connectivity index (χ2v) is 8.32. The number of piperazine rings is 1. The van der Waals surface area contributed by atoms with Crippen molar-refractivity contribution in [3.05, 3.63) is 29.3 Å². The van der Waals surface area contributed by atoms with Gasteiger partial charge in [0.05, 0.1) is 15.7 Å². The van der Waals surface area contributed by atoms with Gasteiger partial charge in [0.15, 0.2) is 0 Å². The van der Waals surface area contributed by atoms with E-state index in [1.54, 1.807) is 11.3 Å². The van der Waals surface area contributed by atoms with E-state index in [2.05, 4.69) is 21.6 Å². The van der Waals surface area contributed by atoms with Crippen LogP contribution in [0.25, 0.3) is 10.2 Å². The number of hydrogen-bond acceptors (Lipinski definition) is 5. The molecule has 122 valence electrons. The third-order valence-corrected chi connectivity index (χ3v) is 6.74. The molecule has 2 aromatic rings.